The van der Waals surface area contributed by atoms with Gasteiger partial charge in [-0.15, -0.1) is 0 Å². The first kappa shape index (κ1) is 27.5. The van der Waals surface area contributed by atoms with Crippen molar-refractivity contribution in [2.45, 2.75) is 31.2 Å². The second-order valence-electron chi connectivity index (χ2n) is 7.37. The number of aliphatic hydroxyl groups is 1. The van der Waals surface area contributed by atoms with Crippen molar-refractivity contribution in [1.82, 2.24) is 5.32 Å². The number of carbonyl (C=O) groups excluding carboxylic acids is 1. The molecule has 1 spiro atoms. The summed E-state index contributed by atoms with van der Waals surface area (Å²) in [5.74, 6) is -0.974. The van der Waals surface area contributed by atoms with Gasteiger partial charge in [-0.25, -0.2) is 0 Å². The van der Waals surface area contributed by atoms with Crippen LogP contribution in [0.15, 0.2) is 47.2 Å². The van der Waals surface area contributed by atoms with Crippen molar-refractivity contribution in [3.8, 4) is 5.75 Å². The highest BCUT2D eigenvalue weighted by Crippen LogP contribution is 2.41. The molecule has 0 saturated carbocycles. The molecule has 2 aliphatic heterocycles. The fourth-order valence-corrected chi connectivity index (χ4v) is 6.33. The number of amides is 1. The van der Waals surface area contributed by atoms with Crippen molar-refractivity contribution in [2.24, 2.45) is 10.9 Å². The van der Waals surface area contributed by atoms with Crippen LogP contribution < -0.4 is 15.8 Å². The molecule has 1 aromatic carbocycles. The average molecular weight is 733 g/mol. The first-order valence-electron chi connectivity index (χ1n) is 10.2. The Morgan fingerprint density at radius 1 is 1.32 bits per heavy atom. The summed E-state index contributed by atoms with van der Waals surface area (Å²) in [6, 6.07) is 3.94. The lowest BCUT2D eigenvalue weighted by molar-refractivity contribution is -0.225. The largest absolute Gasteiger partial charge is 0.495 e. The van der Waals surface area contributed by atoms with Crippen LogP contribution >= 0.6 is 63.7 Å². The summed E-state index contributed by atoms with van der Waals surface area (Å²) in [4.78, 5) is 18.0. The summed E-state index contributed by atoms with van der Waals surface area (Å²) in [5, 5.41) is 17.3. The molecule has 34 heavy (non-hydrogen) atoms. The molecule has 0 bridgehead atoms. The molecule has 0 radical (unpaired) electrons. The van der Waals surface area contributed by atoms with Crippen molar-refractivity contribution >= 4 is 75.3 Å². The highest BCUT2D eigenvalue weighted by Gasteiger charge is 2.54. The van der Waals surface area contributed by atoms with Gasteiger partial charge in [0.15, 0.2) is 11.8 Å². The fourth-order valence-electron chi connectivity index (χ4n) is 3.30. The van der Waals surface area contributed by atoms with E-state index in [4.69, 9.17) is 24.8 Å². The van der Waals surface area contributed by atoms with E-state index in [1.165, 1.54) is 13.4 Å². The smallest absolute Gasteiger partial charge is 0.311 e. The number of allylic oxidation sites excluding steroid dienone is 1. The lowest BCUT2D eigenvalue weighted by Crippen LogP contribution is -2.49. The van der Waals surface area contributed by atoms with Crippen molar-refractivity contribution in [1.29, 1.82) is 0 Å². The number of ether oxygens (including phenoxy) is 3. The normalized spacial score (nSPS) is 21.9. The first-order valence-corrected chi connectivity index (χ1v) is 13.4. The number of rotatable bonds is 9. The van der Waals surface area contributed by atoms with E-state index in [0.29, 0.717) is 46.6 Å². The summed E-state index contributed by atoms with van der Waals surface area (Å²) in [5.41, 5.74) is 6.53. The third kappa shape index (κ3) is 6.16. The first-order chi connectivity index (χ1) is 16.2. The highest BCUT2D eigenvalue weighted by atomic mass is 79.9. The SMILES string of the molecule is COC1=C(Br)C[C@]2(OC=C1Br)ON=C(C(=O)NCCCOc1c(Br)cc(CCN)cc1Br)[C@@H]2O. The predicted molar refractivity (Wildman–Crippen MR) is 141 cm³/mol. The Labute approximate surface area is 230 Å². The Bertz CT molecular complexity index is 1010. The lowest BCUT2D eigenvalue weighted by atomic mass is 10.0. The standard InChI is InChI=1S/C21H23Br4N3O6/c1-31-17-14(24)9-21(33-10-15(17)25)19(29)16(28-34-21)20(30)27-5-2-6-32-18-12(22)7-11(3-4-26)8-13(18)23/h7-8,10,19,29H,2-6,9,26H2,1H3,(H,27,30)/t19-,21-/m0/s1. The van der Waals surface area contributed by atoms with E-state index in [1.54, 1.807) is 0 Å². The van der Waals surface area contributed by atoms with Gasteiger partial charge in [0.25, 0.3) is 5.91 Å². The van der Waals surface area contributed by atoms with Crippen LogP contribution in [-0.4, -0.2) is 55.4 Å². The summed E-state index contributed by atoms with van der Waals surface area (Å²) in [6.07, 6.45) is 1.29. The van der Waals surface area contributed by atoms with Crippen LogP contribution in [0.3, 0.4) is 0 Å². The number of benzene rings is 1. The molecule has 1 aromatic rings. The van der Waals surface area contributed by atoms with Gasteiger partial charge in [-0.1, -0.05) is 21.1 Å². The van der Waals surface area contributed by atoms with E-state index in [0.717, 1.165) is 20.9 Å². The van der Waals surface area contributed by atoms with Gasteiger partial charge in [0.1, 0.15) is 17.8 Å². The monoisotopic (exact) mass is 729 g/mol. The molecular formula is C21H23Br4N3O6. The van der Waals surface area contributed by atoms with E-state index < -0.39 is 17.8 Å². The van der Waals surface area contributed by atoms with Crippen molar-refractivity contribution in [3.63, 3.8) is 0 Å². The molecule has 0 aliphatic carbocycles. The minimum absolute atomic E-state index is 0.0743. The molecule has 9 nitrogen and oxygen atoms in total. The van der Waals surface area contributed by atoms with E-state index in [-0.39, 0.29) is 12.1 Å². The number of halogens is 4. The Balaban J connectivity index is 1.51. The van der Waals surface area contributed by atoms with Gasteiger partial charge in [-0.2, -0.15) is 0 Å². The molecular weight excluding hydrogens is 710 g/mol. The third-order valence-electron chi connectivity index (χ3n) is 4.98. The molecule has 2 atom stereocenters. The van der Waals surface area contributed by atoms with Gasteiger partial charge in [0, 0.05) is 11.0 Å². The summed E-state index contributed by atoms with van der Waals surface area (Å²) >= 11 is 13.8. The van der Waals surface area contributed by atoms with Crippen LogP contribution in [0.25, 0.3) is 0 Å². The van der Waals surface area contributed by atoms with Crippen LogP contribution in [0.4, 0.5) is 0 Å². The number of nitrogens with one attached hydrogen (secondary N) is 1. The second-order valence-corrected chi connectivity index (χ2v) is 10.9. The summed E-state index contributed by atoms with van der Waals surface area (Å²) < 4.78 is 19.5. The van der Waals surface area contributed by atoms with E-state index in [2.05, 4.69) is 74.2 Å². The van der Waals surface area contributed by atoms with Crippen LogP contribution in [0, 0.1) is 0 Å². The van der Waals surface area contributed by atoms with Gasteiger partial charge >= 0.3 is 5.79 Å². The zero-order valence-corrected chi connectivity index (χ0v) is 24.4. The Kier molecular flexibility index (Phi) is 9.87. The van der Waals surface area contributed by atoms with Crippen LogP contribution in [-0.2, 0) is 25.5 Å². The molecule has 0 fully saturated rings. The van der Waals surface area contributed by atoms with Crippen molar-refractivity contribution in [2.75, 3.05) is 26.8 Å². The van der Waals surface area contributed by atoms with Crippen LogP contribution in [0.1, 0.15) is 18.4 Å². The molecule has 2 aliphatic rings. The number of nitrogens with zero attached hydrogens (tertiary/aromatic N) is 1. The average Bonchev–Trinajstić information content (AvgIpc) is 3.03. The van der Waals surface area contributed by atoms with Gasteiger partial charge in [0.05, 0.1) is 33.6 Å². The maximum absolute atomic E-state index is 12.6. The second kappa shape index (κ2) is 12.2. The van der Waals surface area contributed by atoms with Gasteiger partial charge < -0.3 is 35.2 Å². The van der Waals surface area contributed by atoms with Crippen LogP contribution in [0.5, 0.6) is 5.75 Å². The maximum Gasteiger partial charge on any atom is 0.311 e. The zero-order chi connectivity index (χ0) is 24.9. The Hall–Kier alpha value is -1.12. The third-order valence-corrected chi connectivity index (χ3v) is 7.35. The predicted octanol–water partition coefficient (Wildman–Crippen LogP) is 3.95. The number of methoxy groups -OCH3 is 1. The maximum atomic E-state index is 12.6. The number of carbonyl (C=O) groups is 1. The number of aliphatic hydroxyl groups excluding tert-OH is 1. The van der Waals surface area contributed by atoms with Crippen molar-refractivity contribution < 1.29 is 28.9 Å². The van der Waals surface area contributed by atoms with Crippen molar-refractivity contribution in [3.05, 3.63) is 47.6 Å². The topological polar surface area (TPSA) is 125 Å². The van der Waals surface area contributed by atoms with Gasteiger partial charge in [0.2, 0.25) is 0 Å². The van der Waals surface area contributed by atoms with Gasteiger partial charge in [-0.3, -0.25) is 4.79 Å². The zero-order valence-electron chi connectivity index (χ0n) is 18.1. The summed E-state index contributed by atoms with van der Waals surface area (Å²) in [6.45, 7) is 1.23. The molecule has 0 saturated heterocycles. The molecule has 2 heterocycles. The Morgan fingerprint density at radius 3 is 2.68 bits per heavy atom. The van der Waals surface area contributed by atoms with E-state index >= 15 is 0 Å². The molecule has 13 heteroatoms. The summed E-state index contributed by atoms with van der Waals surface area (Å²) in [7, 11) is 1.50. The minimum Gasteiger partial charge on any atom is -0.495 e. The van der Waals surface area contributed by atoms with E-state index in [1.807, 2.05) is 12.1 Å². The quantitative estimate of drug-likeness (QED) is 0.329. The van der Waals surface area contributed by atoms with Gasteiger partial charge in [-0.05, 0) is 84.9 Å². The molecule has 186 valence electrons. The molecule has 4 N–H and O–H groups in total. The minimum atomic E-state index is -1.58. The fraction of sp³-hybridized carbons (Fsp3) is 0.429. The lowest BCUT2D eigenvalue weighted by Gasteiger charge is -2.27. The molecule has 1 amide bonds. The highest BCUT2D eigenvalue weighted by molar-refractivity contribution is 9.12. The molecule has 0 unspecified atom stereocenters. The molecule has 3 rings (SSSR count). The van der Waals surface area contributed by atoms with E-state index in [9.17, 15) is 9.90 Å². The van der Waals surface area contributed by atoms with Crippen LogP contribution in [0.2, 0.25) is 0 Å². The molecule has 0 aromatic heterocycles. The number of hydrogen-bond donors (Lipinski definition) is 3. The number of oxime groups is 1. The number of hydrogen-bond acceptors (Lipinski definition) is 8. The Morgan fingerprint density at radius 2 is 2.03 bits per heavy atom. The number of nitrogens with two attached hydrogens (primary N) is 1.